The lowest BCUT2D eigenvalue weighted by Crippen LogP contribution is -2.52. The van der Waals surface area contributed by atoms with E-state index in [4.69, 9.17) is 23.2 Å². The zero-order chi connectivity index (χ0) is 16.7. The quantitative estimate of drug-likeness (QED) is 0.787. The molecule has 2 rings (SSSR count). The first kappa shape index (κ1) is 18.0. The zero-order valence-electron chi connectivity index (χ0n) is 12.6. The molecule has 0 spiro atoms. The number of rotatable bonds is 2. The Bertz CT molecular complexity index is 652. The molecule has 22 heavy (non-hydrogen) atoms. The summed E-state index contributed by atoms with van der Waals surface area (Å²) in [5, 5.41) is 0.242. The highest BCUT2D eigenvalue weighted by Gasteiger charge is 2.34. The number of carbonyl (C=O) groups excluding carboxylic acids is 1. The molecule has 0 saturated carbocycles. The number of sulfonamides is 1. The van der Waals surface area contributed by atoms with Gasteiger partial charge in [0.05, 0.1) is 5.02 Å². The predicted molar refractivity (Wildman–Crippen MR) is 89.1 cm³/mol. The molecule has 0 unspecified atom stereocenters. The topological polar surface area (TPSA) is 57.7 Å². The molecule has 0 radical (unpaired) electrons. The molecule has 5 nitrogen and oxygen atoms in total. The van der Waals surface area contributed by atoms with Crippen LogP contribution in [0.15, 0.2) is 10.3 Å². The Morgan fingerprint density at radius 2 is 1.73 bits per heavy atom. The summed E-state index contributed by atoms with van der Waals surface area (Å²) in [4.78, 5) is 13.9. The Morgan fingerprint density at radius 1 is 1.18 bits per heavy atom. The van der Waals surface area contributed by atoms with Crippen molar-refractivity contribution in [3.05, 3.63) is 15.4 Å². The van der Waals surface area contributed by atoms with Crippen LogP contribution in [-0.2, 0) is 14.8 Å². The first-order valence-corrected chi connectivity index (χ1v) is 9.79. The van der Waals surface area contributed by atoms with Crippen LogP contribution in [0.25, 0.3) is 0 Å². The van der Waals surface area contributed by atoms with E-state index >= 15 is 0 Å². The van der Waals surface area contributed by atoms with E-state index in [1.807, 2.05) is 20.8 Å². The molecule has 0 aromatic carbocycles. The summed E-state index contributed by atoms with van der Waals surface area (Å²) in [7, 11) is -3.60. The SMILES string of the molecule is CC(C)(C)C(=O)N1CCN(S(=O)(=O)c2cc(Cl)c(Cl)s2)CC1. The van der Waals surface area contributed by atoms with E-state index in [-0.39, 0.29) is 32.6 Å². The van der Waals surface area contributed by atoms with Crippen LogP contribution in [0.5, 0.6) is 0 Å². The molecule has 1 fully saturated rings. The molecule has 1 aliphatic rings. The van der Waals surface area contributed by atoms with E-state index in [1.165, 1.54) is 10.4 Å². The van der Waals surface area contributed by atoms with Crippen molar-refractivity contribution >= 4 is 50.5 Å². The van der Waals surface area contributed by atoms with Gasteiger partial charge in [-0.2, -0.15) is 4.31 Å². The van der Waals surface area contributed by atoms with Crippen molar-refractivity contribution in [1.82, 2.24) is 9.21 Å². The van der Waals surface area contributed by atoms with Crippen LogP contribution in [0.3, 0.4) is 0 Å². The molecule has 2 heterocycles. The van der Waals surface area contributed by atoms with E-state index in [0.717, 1.165) is 11.3 Å². The van der Waals surface area contributed by atoms with Gasteiger partial charge in [0, 0.05) is 31.6 Å². The van der Waals surface area contributed by atoms with Crippen molar-refractivity contribution in [1.29, 1.82) is 0 Å². The molecule has 124 valence electrons. The van der Waals surface area contributed by atoms with Crippen molar-refractivity contribution in [2.24, 2.45) is 5.41 Å². The molecule has 1 aromatic rings. The maximum Gasteiger partial charge on any atom is 0.252 e. The van der Waals surface area contributed by atoms with Gasteiger partial charge in [0.25, 0.3) is 10.0 Å². The van der Waals surface area contributed by atoms with Crippen LogP contribution in [0.4, 0.5) is 0 Å². The highest BCUT2D eigenvalue weighted by Crippen LogP contribution is 2.35. The lowest BCUT2D eigenvalue weighted by molar-refractivity contribution is -0.140. The zero-order valence-corrected chi connectivity index (χ0v) is 15.7. The number of halogens is 2. The molecule has 0 atom stereocenters. The van der Waals surface area contributed by atoms with E-state index in [2.05, 4.69) is 0 Å². The molecule has 1 saturated heterocycles. The van der Waals surface area contributed by atoms with Gasteiger partial charge in [-0.05, 0) is 6.07 Å². The summed E-state index contributed by atoms with van der Waals surface area (Å²) < 4.78 is 26.9. The standard InChI is InChI=1S/C13H18Cl2N2O3S2/c1-13(2,3)12(18)16-4-6-17(7-5-16)22(19,20)10-8-9(14)11(15)21-10/h8H,4-7H2,1-3H3. The van der Waals surface area contributed by atoms with Gasteiger partial charge in [-0.25, -0.2) is 8.42 Å². The summed E-state index contributed by atoms with van der Waals surface area (Å²) in [5.41, 5.74) is -0.462. The number of nitrogens with zero attached hydrogens (tertiary/aromatic N) is 2. The normalized spacial score (nSPS) is 17.8. The second kappa shape index (κ2) is 6.28. The maximum absolute atomic E-state index is 12.5. The molecular weight excluding hydrogens is 367 g/mol. The van der Waals surface area contributed by atoms with Gasteiger partial charge in [-0.3, -0.25) is 4.79 Å². The summed E-state index contributed by atoms with van der Waals surface area (Å²) in [5.74, 6) is 0.0340. The Kier molecular flexibility index (Phi) is 5.14. The average molecular weight is 385 g/mol. The summed E-state index contributed by atoms with van der Waals surface area (Å²) in [6, 6.07) is 1.37. The third-order valence-electron chi connectivity index (χ3n) is 3.38. The lowest BCUT2D eigenvalue weighted by atomic mass is 9.94. The minimum atomic E-state index is -3.60. The maximum atomic E-state index is 12.5. The van der Waals surface area contributed by atoms with Gasteiger partial charge in [0.2, 0.25) is 5.91 Å². The molecule has 0 aliphatic carbocycles. The number of carbonyl (C=O) groups is 1. The monoisotopic (exact) mass is 384 g/mol. The van der Waals surface area contributed by atoms with Crippen molar-refractivity contribution in [3.8, 4) is 0 Å². The summed E-state index contributed by atoms with van der Waals surface area (Å²) in [6.07, 6.45) is 0. The van der Waals surface area contributed by atoms with Crippen LogP contribution in [0.1, 0.15) is 20.8 Å². The Hall–Kier alpha value is -0.340. The van der Waals surface area contributed by atoms with Crippen LogP contribution < -0.4 is 0 Å². The number of thiophene rings is 1. The first-order valence-electron chi connectivity index (χ1n) is 6.78. The Morgan fingerprint density at radius 3 is 2.14 bits per heavy atom. The van der Waals surface area contributed by atoms with Crippen LogP contribution in [-0.4, -0.2) is 49.7 Å². The van der Waals surface area contributed by atoms with Crippen molar-refractivity contribution < 1.29 is 13.2 Å². The van der Waals surface area contributed by atoms with Gasteiger partial charge in [0.15, 0.2) is 0 Å². The fourth-order valence-corrected chi connectivity index (χ4v) is 5.64. The summed E-state index contributed by atoms with van der Waals surface area (Å²) in [6.45, 7) is 6.90. The second-order valence-corrected chi connectivity index (χ2v) is 10.4. The number of hydrogen-bond donors (Lipinski definition) is 0. The van der Waals surface area contributed by atoms with E-state index in [1.54, 1.807) is 4.90 Å². The molecule has 1 aromatic heterocycles. The minimum absolute atomic E-state index is 0.0340. The van der Waals surface area contributed by atoms with Gasteiger partial charge in [-0.15, -0.1) is 11.3 Å². The first-order chi connectivity index (χ1) is 10.0. The van der Waals surface area contributed by atoms with Gasteiger partial charge < -0.3 is 4.90 Å². The smallest absolute Gasteiger partial charge is 0.252 e. The fourth-order valence-electron chi connectivity index (χ4n) is 2.19. The Balaban J connectivity index is 2.10. The average Bonchev–Trinajstić information content (AvgIpc) is 2.78. The van der Waals surface area contributed by atoms with E-state index in [0.29, 0.717) is 13.1 Å². The highest BCUT2D eigenvalue weighted by atomic mass is 35.5. The van der Waals surface area contributed by atoms with Crippen LogP contribution in [0, 0.1) is 5.41 Å². The van der Waals surface area contributed by atoms with E-state index < -0.39 is 15.4 Å². The van der Waals surface area contributed by atoms with Gasteiger partial charge in [0.1, 0.15) is 8.55 Å². The fraction of sp³-hybridized carbons (Fsp3) is 0.615. The minimum Gasteiger partial charge on any atom is -0.340 e. The lowest BCUT2D eigenvalue weighted by Gasteiger charge is -2.36. The van der Waals surface area contributed by atoms with Crippen molar-refractivity contribution in [3.63, 3.8) is 0 Å². The van der Waals surface area contributed by atoms with Crippen LogP contribution >= 0.6 is 34.5 Å². The van der Waals surface area contributed by atoms with Gasteiger partial charge >= 0.3 is 0 Å². The molecule has 1 aliphatic heterocycles. The van der Waals surface area contributed by atoms with E-state index in [9.17, 15) is 13.2 Å². The molecular formula is C13H18Cl2N2O3S2. The molecule has 0 N–H and O–H groups in total. The van der Waals surface area contributed by atoms with Gasteiger partial charge in [-0.1, -0.05) is 44.0 Å². The second-order valence-electron chi connectivity index (χ2n) is 6.13. The van der Waals surface area contributed by atoms with Crippen LogP contribution in [0.2, 0.25) is 9.36 Å². The number of hydrogen-bond acceptors (Lipinski definition) is 4. The highest BCUT2D eigenvalue weighted by molar-refractivity contribution is 7.91. The molecule has 0 bridgehead atoms. The predicted octanol–water partition coefficient (Wildman–Crippen LogP) is 2.93. The number of amides is 1. The third kappa shape index (κ3) is 3.59. The van der Waals surface area contributed by atoms with Crippen molar-refractivity contribution in [2.75, 3.05) is 26.2 Å². The summed E-state index contributed by atoms with van der Waals surface area (Å²) >= 11 is 12.6. The molecule has 9 heteroatoms. The Labute approximate surface area is 144 Å². The molecule has 1 amide bonds. The number of piperazine rings is 1. The largest absolute Gasteiger partial charge is 0.340 e. The van der Waals surface area contributed by atoms with Crippen molar-refractivity contribution in [2.45, 2.75) is 25.0 Å². The third-order valence-corrected chi connectivity index (χ3v) is 7.60.